The molecule has 0 unspecified atom stereocenters. The van der Waals surface area contributed by atoms with Crippen molar-refractivity contribution in [3.8, 4) is 0 Å². The standard InChI is InChI=1S/C14H22ClNO2S/c1-4-6-11(7-5-2)16-14-10-12(19(3,17)18)8-9-13(14)15/h8-11,16H,4-7H2,1-3H3. The smallest absolute Gasteiger partial charge is 0.175 e. The largest absolute Gasteiger partial charge is 0.381 e. The summed E-state index contributed by atoms with van der Waals surface area (Å²) in [4.78, 5) is 0.297. The molecule has 0 radical (unpaired) electrons. The number of hydrogen-bond acceptors (Lipinski definition) is 3. The highest BCUT2D eigenvalue weighted by Crippen LogP contribution is 2.27. The lowest BCUT2D eigenvalue weighted by Gasteiger charge is -2.20. The molecule has 0 spiro atoms. The van der Waals surface area contributed by atoms with Crippen LogP contribution in [0.25, 0.3) is 0 Å². The predicted octanol–water partition coefficient (Wildman–Crippen LogP) is 4.12. The zero-order valence-corrected chi connectivity index (χ0v) is 13.3. The molecule has 0 fully saturated rings. The number of nitrogens with one attached hydrogen (secondary N) is 1. The Bertz CT molecular complexity index is 508. The first-order valence-corrected chi connectivity index (χ1v) is 8.91. The minimum atomic E-state index is -3.20. The third-order valence-corrected chi connectivity index (χ3v) is 4.44. The van der Waals surface area contributed by atoms with Gasteiger partial charge in [-0.1, -0.05) is 38.3 Å². The van der Waals surface area contributed by atoms with E-state index in [1.54, 1.807) is 12.1 Å². The minimum Gasteiger partial charge on any atom is -0.381 e. The summed E-state index contributed by atoms with van der Waals surface area (Å²) < 4.78 is 23.1. The van der Waals surface area contributed by atoms with E-state index >= 15 is 0 Å². The number of anilines is 1. The maximum atomic E-state index is 11.6. The fraction of sp³-hybridized carbons (Fsp3) is 0.571. The third-order valence-electron chi connectivity index (χ3n) is 3.00. The van der Waals surface area contributed by atoms with Gasteiger partial charge in [0.25, 0.3) is 0 Å². The van der Waals surface area contributed by atoms with Crippen molar-refractivity contribution in [1.82, 2.24) is 0 Å². The molecule has 19 heavy (non-hydrogen) atoms. The lowest BCUT2D eigenvalue weighted by molar-refractivity contribution is 0.586. The van der Waals surface area contributed by atoms with Gasteiger partial charge in [0.05, 0.1) is 15.6 Å². The summed E-state index contributed by atoms with van der Waals surface area (Å²) in [5.74, 6) is 0. The Morgan fingerprint density at radius 1 is 1.21 bits per heavy atom. The van der Waals surface area contributed by atoms with Crippen LogP contribution in [0.3, 0.4) is 0 Å². The zero-order valence-electron chi connectivity index (χ0n) is 11.7. The Morgan fingerprint density at radius 2 is 1.79 bits per heavy atom. The molecule has 5 heteroatoms. The second kappa shape index (κ2) is 7.15. The van der Waals surface area contributed by atoms with E-state index in [4.69, 9.17) is 11.6 Å². The molecule has 0 saturated heterocycles. The summed E-state index contributed by atoms with van der Waals surface area (Å²) in [6.07, 6.45) is 5.47. The molecule has 1 aromatic rings. The topological polar surface area (TPSA) is 46.2 Å². The Labute approximate surface area is 121 Å². The van der Waals surface area contributed by atoms with E-state index in [0.717, 1.165) is 25.7 Å². The van der Waals surface area contributed by atoms with Crippen LogP contribution < -0.4 is 5.32 Å². The molecule has 1 rings (SSSR count). The molecule has 0 aromatic heterocycles. The molecule has 0 aliphatic carbocycles. The molecular weight excluding hydrogens is 282 g/mol. The molecule has 1 N–H and O–H groups in total. The summed E-state index contributed by atoms with van der Waals surface area (Å²) in [5, 5.41) is 3.93. The Morgan fingerprint density at radius 3 is 2.26 bits per heavy atom. The van der Waals surface area contributed by atoms with Gasteiger partial charge in [0, 0.05) is 12.3 Å². The highest BCUT2D eigenvalue weighted by molar-refractivity contribution is 7.90. The van der Waals surface area contributed by atoms with Crippen molar-refractivity contribution in [2.45, 2.75) is 50.5 Å². The number of sulfone groups is 1. The van der Waals surface area contributed by atoms with Crippen molar-refractivity contribution in [1.29, 1.82) is 0 Å². The Balaban J connectivity index is 2.98. The fourth-order valence-corrected chi connectivity index (χ4v) is 2.87. The van der Waals surface area contributed by atoms with E-state index < -0.39 is 9.84 Å². The summed E-state index contributed by atoms with van der Waals surface area (Å²) in [6, 6.07) is 5.13. The molecular formula is C14H22ClNO2S. The van der Waals surface area contributed by atoms with E-state index in [2.05, 4.69) is 19.2 Å². The molecule has 0 aliphatic heterocycles. The van der Waals surface area contributed by atoms with E-state index in [0.29, 0.717) is 21.6 Å². The van der Waals surface area contributed by atoms with Crippen molar-refractivity contribution in [2.24, 2.45) is 0 Å². The molecule has 108 valence electrons. The first-order chi connectivity index (χ1) is 8.88. The van der Waals surface area contributed by atoms with Gasteiger partial charge >= 0.3 is 0 Å². The van der Waals surface area contributed by atoms with Crippen molar-refractivity contribution >= 4 is 27.1 Å². The van der Waals surface area contributed by atoms with E-state index in [1.165, 1.54) is 12.3 Å². The van der Waals surface area contributed by atoms with Crippen LogP contribution in [0, 0.1) is 0 Å². The van der Waals surface area contributed by atoms with E-state index in [1.807, 2.05) is 0 Å². The highest BCUT2D eigenvalue weighted by Gasteiger charge is 2.13. The number of halogens is 1. The van der Waals surface area contributed by atoms with Crippen LogP contribution in [-0.2, 0) is 9.84 Å². The maximum absolute atomic E-state index is 11.6. The van der Waals surface area contributed by atoms with Crippen molar-refractivity contribution in [2.75, 3.05) is 11.6 Å². The number of rotatable bonds is 7. The van der Waals surface area contributed by atoms with Gasteiger partial charge in [-0.05, 0) is 31.0 Å². The lowest BCUT2D eigenvalue weighted by atomic mass is 10.1. The Kier molecular flexibility index (Phi) is 6.14. The second-order valence-electron chi connectivity index (χ2n) is 4.83. The average Bonchev–Trinajstić information content (AvgIpc) is 2.31. The maximum Gasteiger partial charge on any atom is 0.175 e. The van der Waals surface area contributed by atoms with Crippen LogP contribution >= 0.6 is 11.6 Å². The van der Waals surface area contributed by atoms with Gasteiger partial charge < -0.3 is 5.32 Å². The van der Waals surface area contributed by atoms with Crippen LogP contribution in [0.1, 0.15) is 39.5 Å². The molecule has 0 amide bonds. The van der Waals surface area contributed by atoms with Crippen molar-refractivity contribution in [3.05, 3.63) is 23.2 Å². The zero-order chi connectivity index (χ0) is 14.5. The van der Waals surface area contributed by atoms with Gasteiger partial charge in [-0.3, -0.25) is 0 Å². The molecule has 0 saturated carbocycles. The second-order valence-corrected chi connectivity index (χ2v) is 7.26. The SMILES string of the molecule is CCCC(CCC)Nc1cc(S(C)(=O)=O)ccc1Cl. The molecule has 1 aromatic carbocycles. The Hall–Kier alpha value is -0.740. The van der Waals surface area contributed by atoms with Gasteiger partial charge in [-0.25, -0.2) is 8.42 Å². The normalized spacial score (nSPS) is 11.8. The molecule has 0 bridgehead atoms. The van der Waals surface area contributed by atoms with Crippen LogP contribution in [0.2, 0.25) is 5.02 Å². The summed E-state index contributed by atoms with van der Waals surface area (Å²) in [5.41, 5.74) is 0.705. The van der Waals surface area contributed by atoms with Gasteiger partial charge in [0.15, 0.2) is 9.84 Å². The molecule has 0 aliphatic rings. The van der Waals surface area contributed by atoms with E-state index in [-0.39, 0.29) is 0 Å². The number of hydrogen-bond donors (Lipinski definition) is 1. The minimum absolute atomic E-state index is 0.297. The highest BCUT2D eigenvalue weighted by atomic mass is 35.5. The van der Waals surface area contributed by atoms with Gasteiger partial charge in [-0.2, -0.15) is 0 Å². The average molecular weight is 304 g/mol. The fourth-order valence-electron chi connectivity index (χ4n) is 2.05. The van der Waals surface area contributed by atoms with Gasteiger partial charge in [0.2, 0.25) is 0 Å². The van der Waals surface area contributed by atoms with Crippen LogP contribution in [-0.4, -0.2) is 20.7 Å². The van der Waals surface area contributed by atoms with E-state index in [9.17, 15) is 8.42 Å². The summed E-state index contributed by atoms with van der Waals surface area (Å²) >= 11 is 6.13. The first-order valence-electron chi connectivity index (χ1n) is 6.64. The van der Waals surface area contributed by atoms with Gasteiger partial charge in [-0.15, -0.1) is 0 Å². The molecule has 0 atom stereocenters. The van der Waals surface area contributed by atoms with Gasteiger partial charge in [0.1, 0.15) is 0 Å². The summed E-state index contributed by atoms with van der Waals surface area (Å²) in [7, 11) is -3.20. The van der Waals surface area contributed by atoms with Crippen LogP contribution in [0.15, 0.2) is 23.1 Å². The lowest BCUT2D eigenvalue weighted by Crippen LogP contribution is -2.19. The third kappa shape index (κ3) is 5.03. The quantitative estimate of drug-likeness (QED) is 0.824. The van der Waals surface area contributed by atoms with Crippen molar-refractivity contribution in [3.63, 3.8) is 0 Å². The van der Waals surface area contributed by atoms with Crippen LogP contribution in [0.5, 0.6) is 0 Å². The molecule has 0 heterocycles. The number of benzene rings is 1. The molecule has 3 nitrogen and oxygen atoms in total. The van der Waals surface area contributed by atoms with Crippen molar-refractivity contribution < 1.29 is 8.42 Å². The predicted molar refractivity (Wildman–Crippen MR) is 81.8 cm³/mol. The monoisotopic (exact) mass is 303 g/mol. The summed E-state index contributed by atoms with van der Waals surface area (Å²) in [6.45, 7) is 4.28. The van der Waals surface area contributed by atoms with Crippen LogP contribution in [0.4, 0.5) is 5.69 Å². The first kappa shape index (κ1) is 16.3.